The summed E-state index contributed by atoms with van der Waals surface area (Å²) in [7, 11) is 2.94. The standard InChI is InChI=1S/C23H26N2O5/c1-22(25(27)28)19(16-8-5-4-6-9-16)23(21(26)30-3)14-7-15-24(23)20(22)17-10-12-18(29-2)13-11-17/h4-6,8-13,19-20H,7,14-15H2,1-3H3/t19-,20-,22-,23+/m0/s1. The molecule has 0 N–H and O–H groups in total. The van der Waals surface area contributed by atoms with Crippen LogP contribution in [0.1, 0.15) is 42.9 Å². The number of hydrogen-bond donors (Lipinski definition) is 0. The molecule has 4 atom stereocenters. The quantitative estimate of drug-likeness (QED) is 0.426. The molecule has 4 rings (SSSR count). The minimum absolute atomic E-state index is 0.206. The minimum Gasteiger partial charge on any atom is -0.497 e. The van der Waals surface area contributed by atoms with Crippen LogP contribution in [0.2, 0.25) is 0 Å². The van der Waals surface area contributed by atoms with E-state index < -0.39 is 29.0 Å². The third-order valence-electron chi connectivity index (χ3n) is 6.89. The van der Waals surface area contributed by atoms with E-state index in [0.717, 1.165) is 17.5 Å². The molecule has 0 radical (unpaired) electrons. The maximum Gasteiger partial charge on any atom is 0.327 e. The lowest BCUT2D eigenvalue weighted by atomic mass is 9.69. The number of ether oxygens (including phenoxy) is 2. The molecular formula is C23H26N2O5. The topological polar surface area (TPSA) is 81.9 Å². The first-order chi connectivity index (χ1) is 14.4. The van der Waals surface area contributed by atoms with Crippen LogP contribution in [0.4, 0.5) is 0 Å². The molecule has 2 aliphatic rings. The Labute approximate surface area is 175 Å². The van der Waals surface area contributed by atoms with Crippen molar-refractivity contribution in [2.24, 2.45) is 0 Å². The van der Waals surface area contributed by atoms with Crippen molar-refractivity contribution in [3.05, 3.63) is 75.8 Å². The summed E-state index contributed by atoms with van der Waals surface area (Å²) in [5, 5.41) is 12.7. The number of nitro groups is 1. The fraction of sp³-hybridized carbons (Fsp3) is 0.435. The van der Waals surface area contributed by atoms with Gasteiger partial charge in [-0.05, 0) is 36.1 Å². The maximum atomic E-state index is 13.3. The number of nitrogens with zero attached hydrogens (tertiary/aromatic N) is 2. The third kappa shape index (κ3) is 2.65. The molecule has 7 nitrogen and oxygen atoms in total. The number of esters is 1. The second-order valence-electron chi connectivity index (χ2n) is 8.22. The molecular weight excluding hydrogens is 384 g/mol. The van der Waals surface area contributed by atoms with E-state index in [1.165, 1.54) is 7.11 Å². The number of methoxy groups -OCH3 is 2. The Kier molecular flexibility index (Phi) is 5.02. The van der Waals surface area contributed by atoms with Crippen LogP contribution >= 0.6 is 0 Å². The van der Waals surface area contributed by atoms with Crippen molar-refractivity contribution in [3.8, 4) is 5.75 Å². The largest absolute Gasteiger partial charge is 0.497 e. The first-order valence-corrected chi connectivity index (χ1v) is 10.1. The summed E-state index contributed by atoms with van der Waals surface area (Å²) in [4.78, 5) is 27.8. The van der Waals surface area contributed by atoms with Gasteiger partial charge in [0.15, 0.2) is 0 Å². The average molecular weight is 410 g/mol. The molecule has 0 saturated carbocycles. The lowest BCUT2D eigenvalue weighted by Gasteiger charge is -2.35. The van der Waals surface area contributed by atoms with Crippen molar-refractivity contribution in [1.29, 1.82) is 0 Å². The molecule has 0 bridgehead atoms. The van der Waals surface area contributed by atoms with Crippen LogP contribution in [0.5, 0.6) is 5.75 Å². The highest BCUT2D eigenvalue weighted by atomic mass is 16.6. The minimum atomic E-state index is -1.43. The lowest BCUT2D eigenvalue weighted by molar-refractivity contribution is -0.573. The molecule has 0 aromatic heterocycles. The van der Waals surface area contributed by atoms with Crippen LogP contribution in [-0.4, -0.2) is 47.6 Å². The Bertz CT molecular complexity index is 948. The molecule has 30 heavy (non-hydrogen) atoms. The van der Waals surface area contributed by atoms with E-state index in [-0.39, 0.29) is 4.92 Å². The van der Waals surface area contributed by atoms with Crippen molar-refractivity contribution in [3.63, 3.8) is 0 Å². The van der Waals surface area contributed by atoms with Gasteiger partial charge < -0.3 is 9.47 Å². The number of carbonyl (C=O) groups excluding carboxylic acids is 1. The van der Waals surface area contributed by atoms with E-state index in [4.69, 9.17) is 9.47 Å². The molecule has 0 unspecified atom stereocenters. The van der Waals surface area contributed by atoms with Crippen LogP contribution < -0.4 is 4.74 Å². The van der Waals surface area contributed by atoms with Crippen molar-refractivity contribution in [2.75, 3.05) is 20.8 Å². The Morgan fingerprint density at radius 2 is 1.77 bits per heavy atom. The molecule has 2 fully saturated rings. The highest BCUT2D eigenvalue weighted by Gasteiger charge is 2.76. The van der Waals surface area contributed by atoms with Gasteiger partial charge in [0.05, 0.1) is 20.1 Å². The predicted octanol–water partition coefficient (Wildman–Crippen LogP) is 3.58. The normalized spacial score (nSPS) is 30.6. The molecule has 2 saturated heterocycles. The van der Waals surface area contributed by atoms with Crippen LogP contribution in [-0.2, 0) is 9.53 Å². The van der Waals surface area contributed by atoms with Crippen LogP contribution in [0.25, 0.3) is 0 Å². The van der Waals surface area contributed by atoms with Crippen molar-refractivity contribution < 1.29 is 19.2 Å². The summed E-state index contributed by atoms with van der Waals surface area (Å²) in [6.45, 7) is 2.27. The Balaban J connectivity index is 1.98. The zero-order chi connectivity index (χ0) is 21.5. The highest BCUT2D eigenvalue weighted by molar-refractivity contribution is 5.84. The van der Waals surface area contributed by atoms with Crippen molar-refractivity contribution in [1.82, 2.24) is 4.90 Å². The molecule has 0 aliphatic carbocycles. The predicted molar refractivity (Wildman–Crippen MR) is 111 cm³/mol. The molecule has 7 heteroatoms. The SMILES string of the molecule is COC(=O)[C@]12CCCN1[C@@H](c1ccc(OC)cc1)[C@@](C)([N+](=O)[O-])[C@@H]2c1ccccc1. The monoisotopic (exact) mass is 410 g/mol. The summed E-state index contributed by atoms with van der Waals surface area (Å²) in [5.41, 5.74) is -0.929. The summed E-state index contributed by atoms with van der Waals surface area (Å²) in [6, 6.07) is 16.1. The number of carbonyl (C=O) groups is 1. The molecule has 2 aromatic carbocycles. The van der Waals surface area contributed by atoms with Crippen molar-refractivity contribution >= 4 is 5.97 Å². The zero-order valence-corrected chi connectivity index (χ0v) is 17.4. The fourth-order valence-corrected chi connectivity index (χ4v) is 5.77. The van der Waals surface area contributed by atoms with E-state index in [0.29, 0.717) is 18.7 Å². The van der Waals surface area contributed by atoms with E-state index >= 15 is 0 Å². The molecule has 2 aromatic rings. The summed E-state index contributed by atoms with van der Waals surface area (Å²) < 4.78 is 10.5. The van der Waals surface area contributed by atoms with Gasteiger partial charge in [0.2, 0.25) is 5.54 Å². The summed E-state index contributed by atoms with van der Waals surface area (Å²) in [5.74, 6) is -0.374. The van der Waals surface area contributed by atoms with Gasteiger partial charge in [0.1, 0.15) is 17.3 Å². The maximum absolute atomic E-state index is 13.3. The number of fused-ring (bicyclic) bond motifs is 1. The lowest BCUT2D eigenvalue weighted by Crippen LogP contribution is -2.52. The Morgan fingerprint density at radius 3 is 2.33 bits per heavy atom. The second-order valence-corrected chi connectivity index (χ2v) is 8.22. The van der Waals surface area contributed by atoms with Gasteiger partial charge in [-0.2, -0.15) is 0 Å². The second kappa shape index (κ2) is 7.40. The number of hydrogen-bond acceptors (Lipinski definition) is 6. The van der Waals surface area contributed by atoms with E-state index in [1.807, 2.05) is 47.4 Å². The smallest absolute Gasteiger partial charge is 0.327 e. The van der Waals surface area contributed by atoms with E-state index in [1.54, 1.807) is 26.2 Å². The van der Waals surface area contributed by atoms with E-state index in [2.05, 4.69) is 0 Å². The third-order valence-corrected chi connectivity index (χ3v) is 6.89. The van der Waals surface area contributed by atoms with Gasteiger partial charge in [0.25, 0.3) is 0 Å². The zero-order valence-electron chi connectivity index (χ0n) is 17.4. The fourth-order valence-electron chi connectivity index (χ4n) is 5.77. The van der Waals surface area contributed by atoms with Crippen LogP contribution in [0.3, 0.4) is 0 Å². The average Bonchev–Trinajstić information content (AvgIpc) is 3.28. The van der Waals surface area contributed by atoms with Gasteiger partial charge in [-0.3, -0.25) is 19.8 Å². The molecule has 2 aliphatic heterocycles. The Hall–Kier alpha value is -2.93. The van der Waals surface area contributed by atoms with Crippen molar-refractivity contribution in [2.45, 2.75) is 42.8 Å². The molecule has 0 spiro atoms. The van der Waals surface area contributed by atoms with Gasteiger partial charge >= 0.3 is 5.97 Å². The first-order valence-electron chi connectivity index (χ1n) is 10.1. The van der Waals surface area contributed by atoms with Gasteiger partial charge in [-0.1, -0.05) is 42.5 Å². The van der Waals surface area contributed by atoms with Gasteiger partial charge in [-0.25, -0.2) is 0 Å². The Morgan fingerprint density at radius 1 is 1.10 bits per heavy atom. The highest BCUT2D eigenvalue weighted by Crippen LogP contribution is 2.62. The molecule has 0 amide bonds. The number of benzene rings is 2. The molecule has 158 valence electrons. The summed E-state index contributed by atoms with van der Waals surface area (Å²) in [6.07, 6.45) is 1.30. The van der Waals surface area contributed by atoms with Crippen LogP contribution in [0.15, 0.2) is 54.6 Å². The van der Waals surface area contributed by atoms with Crippen LogP contribution in [0, 0.1) is 10.1 Å². The number of rotatable bonds is 5. The van der Waals surface area contributed by atoms with Gasteiger partial charge in [-0.15, -0.1) is 0 Å². The van der Waals surface area contributed by atoms with E-state index in [9.17, 15) is 14.9 Å². The van der Waals surface area contributed by atoms with Gasteiger partial charge in [0, 0.05) is 18.4 Å². The first kappa shape index (κ1) is 20.3. The summed E-state index contributed by atoms with van der Waals surface area (Å²) >= 11 is 0. The molecule has 2 heterocycles.